The average molecular weight is 292 g/mol. The largest absolute Gasteiger partial charge is 0.352 e. The minimum absolute atomic E-state index is 0.0666. The summed E-state index contributed by atoms with van der Waals surface area (Å²) in [6.45, 7) is 4.73. The second kappa shape index (κ2) is 6.70. The third-order valence-corrected chi connectivity index (χ3v) is 4.03. The predicted octanol–water partition coefficient (Wildman–Crippen LogP) is 2.26. The van der Waals surface area contributed by atoms with Crippen LogP contribution in [0.5, 0.6) is 0 Å². The van der Waals surface area contributed by atoms with Gasteiger partial charge in [0.15, 0.2) is 0 Å². The summed E-state index contributed by atoms with van der Waals surface area (Å²) in [4.78, 5) is 26.3. The van der Waals surface area contributed by atoms with Crippen molar-refractivity contribution in [1.82, 2.24) is 10.2 Å². The van der Waals surface area contributed by atoms with Crippen LogP contribution in [0.3, 0.4) is 0 Å². The van der Waals surface area contributed by atoms with Crippen LogP contribution in [-0.4, -0.2) is 29.8 Å². The van der Waals surface area contributed by atoms with Crippen LogP contribution in [-0.2, 0) is 9.59 Å². The zero-order chi connectivity index (χ0) is 15.4. The van der Waals surface area contributed by atoms with E-state index >= 15 is 0 Å². The lowest BCUT2D eigenvalue weighted by atomic mass is 9.96. The quantitative estimate of drug-likeness (QED) is 0.925. The van der Waals surface area contributed by atoms with Gasteiger partial charge >= 0.3 is 0 Å². The van der Waals surface area contributed by atoms with Gasteiger partial charge in [0.25, 0.3) is 0 Å². The summed E-state index contributed by atoms with van der Waals surface area (Å²) in [5.74, 6) is -0.958. The van der Waals surface area contributed by atoms with Crippen molar-refractivity contribution in [2.75, 3.05) is 13.1 Å². The zero-order valence-electron chi connectivity index (χ0n) is 12.4. The molecule has 21 heavy (non-hydrogen) atoms. The number of carbonyl (C=O) groups excluding carboxylic acids is 2. The molecule has 114 valence electrons. The van der Waals surface area contributed by atoms with Crippen LogP contribution in [0.2, 0.25) is 0 Å². The van der Waals surface area contributed by atoms with Gasteiger partial charge in [-0.05, 0) is 18.9 Å². The van der Waals surface area contributed by atoms with E-state index in [1.165, 1.54) is 11.0 Å². The molecule has 0 radical (unpaired) electrons. The normalized spacial score (nSPS) is 18.8. The van der Waals surface area contributed by atoms with Gasteiger partial charge < -0.3 is 10.2 Å². The van der Waals surface area contributed by atoms with E-state index in [-0.39, 0.29) is 23.3 Å². The van der Waals surface area contributed by atoms with Gasteiger partial charge in [0.05, 0.1) is 0 Å². The Morgan fingerprint density at radius 2 is 2.05 bits per heavy atom. The molecule has 1 N–H and O–H groups in total. The molecule has 0 unspecified atom stereocenters. The van der Waals surface area contributed by atoms with Crippen molar-refractivity contribution >= 4 is 11.8 Å². The molecule has 0 aliphatic carbocycles. The Balaban J connectivity index is 2.36. The van der Waals surface area contributed by atoms with Gasteiger partial charge in [0.2, 0.25) is 11.8 Å². The summed E-state index contributed by atoms with van der Waals surface area (Å²) < 4.78 is 14.0. The number of nitrogens with one attached hydrogen (secondary N) is 1. The SMILES string of the molecule is CCC(CC)C(=O)N1CCNC(=O)[C@H]1c1ccccc1F. The Labute approximate surface area is 124 Å². The Hall–Kier alpha value is -1.91. The van der Waals surface area contributed by atoms with Gasteiger partial charge in [-0.2, -0.15) is 0 Å². The molecule has 4 nitrogen and oxygen atoms in total. The van der Waals surface area contributed by atoms with Gasteiger partial charge in [-0.3, -0.25) is 9.59 Å². The van der Waals surface area contributed by atoms with Crippen molar-refractivity contribution in [2.45, 2.75) is 32.7 Å². The number of piperazine rings is 1. The van der Waals surface area contributed by atoms with Crippen LogP contribution in [0.1, 0.15) is 38.3 Å². The number of amides is 2. The van der Waals surface area contributed by atoms with Crippen LogP contribution in [0.25, 0.3) is 0 Å². The summed E-state index contributed by atoms with van der Waals surface area (Å²) in [5.41, 5.74) is 0.258. The molecule has 1 fully saturated rings. The van der Waals surface area contributed by atoms with E-state index in [2.05, 4.69) is 5.32 Å². The minimum atomic E-state index is -0.868. The lowest BCUT2D eigenvalue weighted by Crippen LogP contribution is -2.53. The summed E-state index contributed by atoms with van der Waals surface area (Å²) in [6, 6.07) is 5.27. The number of nitrogens with zero attached hydrogens (tertiary/aromatic N) is 1. The third-order valence-electron chi connectivity index (χ3n) is 4.03. The van der Waals surface area contributed by atoms with Crippen molar-refractivity contribution in [3.63, 3.8) is 0 Å². The van der Waals surface area contributed by atoms with Crippen molar-refractivity contribution < 1.29 is 14.0 Å². The van der Waals surface area contributed by atoms with E-state index in [0.717, 1.165) is 12.8 Å². The van der Waals surface area contributed by atoms with E-state index < -0.39 is 11.9 Å². The number of carbonyl (C=O) groups is 2. The first-order chi connectivity index (χ1) is 10.1. The van der Waals surface area contributed by atoms with E-state index in [9.17, 15) is 14.0 Å². The molecule has 5 heteroatoms. The van der Waals surface area contributed by atoms with E-state index in [4.69, 9.17) is 0 Å². The Morgan fingerprint density at radius 3 is 2.67 bits per heavy atom. The monoisotopic (exact) mass is 292 g/mol. The van der Waals surface area contributed by atoms with Crippen molar-refractivity contribution in [3.8, 4) is 0 Å². The topological polar surface area (TPSA) is 49.4 Å². The Bertz CT molecular complexity index is 529. The fraction of sp³-hybridized carbons (Fsp3) is 0.500. The highest BCUT2D eigenvalue weighted by molar-refractivity contribution is 5.90. The smallest absolute Gasteiger partial charge is 0.247 e. The molecule has 0 saturated carbocycles. The lowest BCUT2D eigenvalue weighted by molar-refractivity contribution is -0.146. The predicted molar refractivity (Wildman–Crippen MR) is 77.9 cm³/mol. The fourth-order valence-corrected chi connectivity index (χ4v) is 2.78. The maximum absolute atomic E-state index is 14.0. The number of hydrogen-bond acceptors (Lipinski definition) is 2. The second-order valence-corrected chi connectivity index (χ2v) is 5.26. The maximum Gasteiger partial charge on any atom is 0.247 e. The molecule has 0 spiro atoms. The first kappa shape index (κ1) is 15.5. The first-order valence-electron chi connectivity index (χ1n) is 7.42. The molecule has 1 aliphatic heterocycles. The summed E-state index contributed by atoms with van der Waals surface area (Å²) >= 11 is 0. The first-order valence-corrected chi connectivity index (χ1v) is 7.42. The third kappa shape index (κ3) is 3.06. The highest BCUT2D eigenvalue weighted by Gasteiger charge is 2.37. The number of benzene rings is 1. The average Bonchev–Trinajstić information content (AvgIpc) is 2.49. The maximum atomic E-state index is 14.0. The Kier molecular flexibility index (Phi) is 4.94. The molecular formula is C16H21FN2O2. The van der Waals surface area contributed by atoms with Crippen LogP contribution >= 0.6 is 0 Å². The molecule has 1 aliphatic rings. The standard InChI is InChI=1S/C16H21FN2O2/c1-3-11(4-2)16(21)19-10-9-18-15(20)14(19)12-7-5-6-8-13(12)17/h5-8,11,14H,3-4,9-10H2,1-2H3,(H,18,20)/t14-/m1/s1. The molecule has 0 bridgehead atoms. The van der Waals surface area contributed by atoms with E-state index in [1.54, 1.807) is 18.2 Å². The van der Waals surface area contributed by atoms with Gasteiger partial charge in [0.1, 0.15) is 11.9 Å². The molecule has 2 rings (SSSR count). The van der Waals surface area contributed by atoms with Gasteiger partial charge in [0, 0.05) is 24.6 Å². The van der Waals surface area contributed by atoms with Crippen LogP contribution in [0, 0.1) is 11.7 Å². The molecular weight excluding hydrogens is 271 g/mol. The highest BCUT2D eigenvalue weighted by Crippen LogP contribution is 2.28. The summed E-state index contributed by atoms with van der Waals surface area (Å²) in [5, 5.41) is 2.72. The molecule has 1 heterocycles. The Morgan fingerprint density at radius 1 is 1.38 bits per heavy atom. The fourth-order valence-electron chi connectivity index (χ4n) is 2.78. The van der Waals surface area contributed by atoms with Gasteiger partial charge in [-0.15, -0.1) is 0 Å². The summed E-state index contributed by atoms with van der Waals surface area (Å²) in [7, 11) is 0. The zero-order valence-corrected chi connectivity index (χ0v) is 12.4. The van der Waals surface area contributed by atoms with Crippen LogP contribution in [0.15, 0.2) is 24.3 Å². The van der Waals surface area contributed by atoms with E-state index in [1.807, 2.05) is 13.8 Å². The van der Waals surface area contributed by atoms with Crippen LogP contribution < -0.4 is 5.32 Å². The van der Waals surface area contributed by atoms with Crippen molar-refractivity contribution in [3.05, 3.63) is 35.6 Å². The molecule has 1 saturated heterocycles. The molecule has 1 atom stereocenters. The van der Waals surface area contributed by atoms with Crippen LogP contribution in [0.4, 0.5) is 4.39 Å². The number of rotatable bonds is 4. The van der Waals surface area contributed by atoms with E-state index in [0.29, 0.717) is 13.1 Å². The second-order valence-electron chi connectivity index (χ2n) is 5.26. The molecule has 1 aromatic rings. The van der Waals surface area contributed by atoms with Gasteiger partial charge in [-0.25, -0.2) is 4.39 Å². The van der Waals surface area contributed by atoms with Crippen molar-refractivity contribution in [2.24, 2.45) is 5.92 Å². The molecule has 1 aromatic carbocycles. The highest BCUT2D eigenvalue weighted by atomic mass is 19.1. The lowest BCUT2D eigenvalue weighted by Gasteiger charge is -2.37. The summed E-state index contributed by atoms with van der Waals surface area (Å²) in [6.07, 6.45) is 1.44. The molecule has 0 aromatic heterocycles. The molecule has 2 amide bonds. The number of halogens is 1. The van der Waals surface area contributed by atoms with Gasteiger partial charge in [-0.1, -0.05) is 32.0 Å². The van der Waals surface area contributed by atoms with Crippen molar-refractivity contribution in [1.29, 1.82) is 0 Å². The minimum Gasteiger partial charge on any atom is -0.352 e. The number of hydrogen-bond donors (Lipinski definition) is 1.